The molecule has 0 saturated heterocycles. The Morgan fingerprint density at radius 1 is 1.14 bits per heavy atom. The number of nitrogens with one attached hydrogen (secondary N) is 2. The summed E-state index contributed by atoms with van der Waals surface area (Å²) in [6.07, 6.45) is 3.34. The Balaban J connectivity index is 1.65. The smallest absolute Gasteiger partial charge is 0.275 e. The van der Waals surface area contributed by atoms with Crippen LogP contribution in [0, 0.1) is 0 Å². The molecule has 0 aliphatic heterocycles. The van der Waals surface area contributed by atoms with Crippen LogP contribution in [0.1, 0.15) is 24.4 Å². The highest BCUT2D eigenvalue weighted by atomic mass is 16.1. The van der Waals surface area contributed by atoms with Gasteiger partial charge in [0, 0.05) is 17.6 Å². The van der Waals surface area contributed by atoms with Crippen molar-refractivity contribution in [2.75, 3.05) is 5.32 Å². The van der Waals surface area contributed by atoms with Crippen LogP contribution < -0.4 is 16.4 Å². The topological polar surface area (TPSA) is 106 Å². The van der Waals surface area contributed by atoms with Crippen LogP contribution in [0.3, 0.4) is 0 Å². The minimum absolute atomic E-state index is 0.226. The second kappa shape index (κ2) is 7.43. The van der Waals surface area contributed by atoms with Crippen LogP contribution in [-0.4, -0.2) is 24.7 Å². The largest absolute Gasteiger partial charge is 0.350 e. The van der Waals surface area contributed by atoms with Crippen molar-refractivity contribution in [2.45, 2.75) is 19.5 Å². The highest BCUT2D eigenvalue weighted by Crippen LogP contribution is 2.15. The highest BCUT2D eigenvalue weighted by molar-refractivity contribution is 5.80. The number of benzene rings is 1. The van der Waals surface area contributed by atoms with Crippen LogP contribution in [0.5, 0.6) is 0 Å². The van der Waals surface area contributed by atoms with E-state index < -0.39 is 6.04 Å². The van der Waals surface area contributed by atoms with Gasteiger partial charge in [-0.1, -0.05) is 24.3 Å². The number of hydrogen-bond donors (Lipinski definition) is 2. The molecule has 0 bridgehead atoms. The van der Waals surface area contributed by atoms with Crippen molar-refractivity contribution in [3.63, 3.8) is 0 Å². The number of pyridine rings is 1. The van der Waals surface area contributed by atoms with E-state index in [4.69, 9.17) is 0 Å². The second-order valence-corrected chi connectivity index (χ2v) is 6.35. The zero-order chi connectivity index (χ0) is 19.5. The Bertz CT molecular complexity index is 1230. The third kappa shape index (κ3) is 3.52. The van der Waals surface area contributed by atoms with Gasteiger partial charge in [0.05, 0.1) is 35.6 Å². The van der Waals surface area contributed by atoms with Crippen molar-refractivity contribution in [2.24, 2.45) is 0 Å². The summed E-state index contributed by atoms with van der Waals surface area (Å²) >= 11 is 0. The van der Waals surface area contributed by atoms with Gasteiger partial charge in [-0.25, -0.2) is 9.67 Å². The van der Waals surface area contributed by atoms with Gasteiger partial charge in [-0.05, 0) is 25.1 Å². The Labute approximate surface area is 159 Å². The number of H-pyrrole nitrogens is 1. The molecule has 4 aromatic rings. The summed E-state index contributed by atoms with van der Waals surface area (Å²) in [6.45, 7) is 2.20. The van der Waals surface area contributed by atoms with Crippen LogP contribution in [0.4, 0.5) is 5.95 Å². The van der Waals surface area contributed by atoms with Crippen LogP contribution in [0.15, 0.2) is 70.5 Å². The van der Waals surface area contributed by atoms with E-state index in [1.807, 2.05) is 36.4 Å². The summed E-state index contributed by atoms with van der Waals surface area (Å²) in [5.74, 6) is 0.314. The van der Waals surface area contributed by atoms with Crippen LogP contribution >= 0.6 is 0 Å². The molecule has 4 rings (SSSR count). The lowest BCUT2D eigenvalue weighted by molar-refractivity contribution is 0.524. The summed E-state index contributed by atoms with van der Waals surface area (Å²) in [5.41, 5.74) is 0.720. The lowest BCUT2D eigenvalue weighted by Gasteiger charge is -2.15. The standard InChI is InChI=1S/C20H18N6O2/c1-13(26-19(28)16-8-3-2-6-14(16)11-23-26)17-10-18(27)25-20(24-17)22-12-15-7-4-5-9-21-15/h2-11,13H,12H2,1H3,(H2,22,24,25,27)/t13-/m1/s1. The molecule has 3 heterocycles. The Kier molecular flexibility index (Phi) is 4.67. The summed E-state index contributed by atoms with van der Waals surface area (Å²) < 4.78 is 1.34. The van der Waals surface area contributed by atoms with E-state index in [2.05, 4.69) is 25.4 Å². The average molecular weight is 374 g/mol. The molecule has 0 spiro atoms. The van der Waals surface area contributed by atoms with Gasteiger partial charge in [0.1, 0.15) is 0 Å². The number of aromatic nitrogens is 5. The van der Waals surface area contributed by atoms with Crippen LogP contribution in [0.25, 0.3) is 10.8 Å². The zero-order valence-corrected chi connectivity index (χ0v) is 15.2. The second-order valence-electron chi connectivity index (χ2n) is 6.35. The first-order valence-corrected chi connectivity index (χ1v) is 8.83. The van der Waals surface area contributed by atoms with E-state index in [-0.39, 0.29) is 11.1 Å². The lowest BCUT2D eigenvalue weighted by atomic mass is 10.2. The molecule has 2 N–H and O–H groups in total. The molecule has 1 aromatic carbocycles. The molecular formula is C20H18N6O2. The number of hydrogen-bond acceptors (Lipinski definition) is 6. The molecule has 0 aliphatic rings. The summed E-state index contributed by atoms with van der Waals surface area (Å²) in [4.78, 5) is 36.2. The fourth-order valence-electron chi connectivity index (χ4n) is 2.96. The molecular weight excluding hydrogens is 356 g/mol. The summed E-state index contributed by atoms with van der Waals surface area (Å²) in [6, 6.07) is 13.7. The SMILES string of the molecule is C[C@H](c1cc(=O)[nH]c(NCc2ccccn2)n1)n1ncc2ccccc2c1=O. The molecule has 0 amide bonds. The van der Waals surface area contributed by atoms with Crippen molar-refractivity contribution >= 4 is 16.7 Å². The number of rotatable bonds is 5. The normalized spacial score (nSPS) is 12.0. The van der Waals surface area contributed by atoms with E-state index in [9.17, 15) is 9.59 Å². The van der Waals surface area contributed by atoms with Gasteiger partial charge in [0.2, 0.25) is 5.95 Å². The van der Waals surface area contributed by atoms with Crippen molar-refractivity contribution in [1.29, 1.82) is 0 Å². The molecule has 0 aliphatic carbocycles. The quantitative estimate of drug-likeness (QED) is 0.554. The third-order valence-electron chi connectivity index (χ3n) is 4.44. The number of anilines is 1. The molecule has 28 heavy (non-hydrogen) atoms. The molecule has 8 heteroatoms. The summed E-state index contributed by atoms with van der Waals surface area (Å²) in [7, 11) is 0. The lowest BCUT2D eigenvalue weighted by Crippen LogP contribution is -2.28. The Morgan fingerprint density at radius 3 is 2.79 bits per heavy atom. The zero-order valence-electron chi connectivity index (χ0n) is 15.2. The number of fused-ring (bicyclic) bond motifs is 1. The van der Waals surface area contributed by atoms with Gasteiger partial charge in [0.15, 0.2) is 0 Å². The predicted octanol–water partition coefficient (Wildman–Crippen LogP) is 2.10. The molecule has 0 fully saturated rings. The van der Waals surface area contributed by atoms with Crippen LogP contribution in [0.2, 0.25) is 0 Å². The molecule has 8 nitrogen and oxygen atoms in total. The van der Waals surface area contributed by atoms with E-state index in [0.29, 0.717) is 23.6 Å². The Morgan fingerprint density at radius 2 is 1.96 bits per heavy atom. The van der Waals surface area contributed by atoms with Gasteiger partial charge >= 0.3 is 0 Å². The van der Waals surface area contributed by atoms with Gasteiger partial charge in [-0.2, -0.15) is 5.10 Å². The molecule has 3 aromatic heterocycles. The van der Waals surface area contributed by atoms with E-state index in [0.717, 1.165) is 11.1 Å². The monoisotopic (exact) mass is 374 g/mol. The predicted molar refractivity (Wildman–Crippen MR) is 106 cm³/mol. The van der Waals surface area contributed by atoms with Crippen molar-refractivity contribution in [1.82, 2.24) is 24.7 Å². The number of nitrogens with zero attached hydrogens (tertiary/aromatic N) is 4. The maximum absolute atomic E-state index is 12.8. The van der Waals surface area contributed by atoms with Crippen molar-refractivity contribution < 1.29 is 0 Å². The minimum Gasteiger partial charge on any atom is -0.350 e. The first-order valence-electron chi connectivity index (χ1n) is 8.83. The maximum atomic E-state index is 12.8. The molecule has 0 saturated carbocycles. The molecule has 1 atom stereocenters. The highest BCUT2D eigenvalue weighted by Gasteiger charge is 2.15. The fraction of sp³-hybridized carbons (Fsp3) is 0.150. The van der Waals surface area contributed by atoms with E-state index in [1.54, 1.807) is 25.4 Å². The Hall–Kier alpha value is -3.81. The first-order chi connectivity index (χ1) is 13.6. The van der Waals surface area contributed by atoms with Gasteiger partial charge in [-0.3, -0.25) is 19.6 Å². The fourth-order valence-corrected chi connectivity index (χ4v) is 2.96. The third-order valence-corrected chi connectivity index (χ3v) is 4.44. The molecule has 0 unspecified atom stereocenters. The van der Waals surface area contributed by atoms with E-state index in [1.165, 1.54) is 10.7 Å². The first kappa shape index (κ1) is 17.6. The maximum Gasteiger partial charge on any atom is 0.275 e. The van der Waals surface area contributed by atoms with Gasteiger partial charge in [0.25, 0.3) is 11.1 Å². The van der Waals surface area contributed by atoms with Gasteiger partial charge in [-0.15, -0.1) is 0 Å². The van der Waals surface area contributed by atoms with Crippen molar-refractivity contribution in [3.05, 3.63) is 93.0 Å². The average Bonchev–Trinajstić information content (AvgIpc) is 2.73. The van der Waals surface area contributed by atoms with Gasteiger partial charge < -0.3 is 5.32 Å². The molecule has 0 radical (unpaired) electrons. The van der Waals surface area contributed by atoms with Crippen molar-refractivity contribution in [3.8, 4) is 0 Å². The number of aromatic amines is 1. The minimum atomic E-state index is -0.505. The summed E-state index contributed by atoms with van der Waals surface area (Å²) in [5, 5.41) is 8.66. The van der Waals surface area contributed by atoms with Crippen LogP contribution in [-0.2, 0) is 6.54 Å². The molecule has 140 valence electrons. The van der Waals surface area contributed by atoms with E-state index >= 15 is 0 Å².